The molecule has 0 atom stereocenters. The quantitative estimate of drug-likeness (QED) is 0.376. The lowest BCUT2D eigenvalue weighted by Gasteiger charge is -2.21. The predicted octanol–water partition coefficient (Wildman–Crippen LogP) is 5.22. The van der Waals surface area contributed by atoms with E-state index in [1.807, 2.05) is 42.5 Å². The lowest BCUT2D eigenvalue weighted by molar-refractivity contribution is 0.0951. The van der Waals surface area contributed by atoms with Crippen molar-refractivity contribution in [2.45, 2.75) is 27.0 Å². The van der Waals surface area contributed by atoms with Crippen LogP contribution in [0.4, 0.5) is 5.82 Å². The number of rotatable bonds is 9. The minimum absolute atomic E-state index is 0.0962. The second-order valence-corrected chi connectivity index (χ2v) is 8.11. The normalized spacial score (nSPS) is 10.9. The summed E-state index contributed by atoms with van der Waals surface area (Å²) in [5, 5.41) is 4.06. The predicted molar refractivity (Wildman–Crippen MR) is 137 cm³/mol. The van der Waals surface area contributed by atoms with Crippen molar-refractivity contribution in [1.82, 2.24) is 15.3 Å². The molecule has 0 aliphatic carbocycles. The minimum atomic E-state index is -0.0962. The Kier molecular flexibility index (Phi) is 7.50. The number of carbonyl (C=O) groups is 1. The van der Waals surface area contributed by atoms with Gasteiger partial charge in [0.1, 0.15) is 12.1 Å². The van der Waals surface area contributed by atoms with Crippen molar-refractivity contribution in [3.05, 3.63) is 89.7 Å². The minimum Gasteiger partial charge on any atom is -0.380 e. The second-order valence-electron chi connectivity index (χ2n) is 8.11. The Hall–Kier alpha value is -3.77. The van der Waals surface area contributed by atoms with Crippen LogP contribution in [0.5, 0.6) is 0 Å². The zero-order chi connectivity index (χ0) is 23.9. The van der Waals surface area contributed by atoms with Crippen LogP contribution in [0.1, 0.15) is 35.3 Å². The number of hydrogen-bond donors (Lipinski definition) is 1. The summed E-state index contributed by atoms with van der Waals surface area (Å²) in [6, 6.07) is 22.0. The standard InChI is InChI=1S/C28H30N4O2/c1-4-32(5-2)27-25-16-24(13-14-26(25)30-19-31-27)23-8-6-7-21(15-23)17-29-28(33)22-11-9-20(10-12-22)18-34-3/h6-16,19H,4-5,17-18H2,1-3H3,(H,29,33). The van der Waals surface area contributed by atoms with Crippen molar-refractivity contribution >= 4 is 22.6 Å². The number of nitrogens with zero attached hydrogens (tertiary/aromatic N) is 3. The lowest BCUT2D eigenvalue weighted by Crippen LogP contribution is -2.23. The molecule has 0 spiro atoms. The molecule has 174 valence electrons. The number of methoxy groups -OCH3 is 1. The Morgan fingerprint density at radius 1 is 0.912 bits per heavy atom. The van der Waals surface area contributed by atoms with Crippen molar-refractivity contribution in [3.63, 3.8) is 0 Å². The topological polar surface area (TPSA) is 67.4 Å². The number of fused-ring (bicyclic) bond motifs is 1. The largest absolute Gasteiger partial charge is 0.380 e. The van der Waals surface area contributed by atoms with E-state index in [1.54, 1.807) is 13.4 Å². The maximum Gasteiger partial charge on any atom is 0.251 e. The van der Waals surface area contributed by atoms with Gasteiger partial charge in [-0.15, -0.1) is 0 Å². The fourth-order valence-corrected chi connectivity index (χ4v) is 4.06. The summed E-state index contributed by atoms with van der Waals surface area (Å²) in [4.78, 5) is 23.8. The van der Waals surface area contributed by atoms with Gasteiger partial charge in [-0.3, -0.25) is 4.79 Å². The molecule has 1 N–H and O–H groups in total. The van der Waals surface area contributed by atoms with Crippen LogP contribution in [-0.4, -0.2) is 36.1 Å². The first-order valence-electron chi connectivity index (χ1n) is 11.6. The van der Waals surface area contributed by atoms with E-state index in [0.29, 0.717) is 18.7 Å². The van der Waals surface area contributed by atoms with Gasteiger partial charge in [0, 0.05) is 37.7 Å². The zero-order valence-electron chi connectivity index (χ0n) is 19.9. The molecule has 0 fully saturated rings. The summed E-state index contributed by atoms with van der Waals surface area (Å²) >= 11 is 0. The number of nitrogens with one attached hydrogen (secondary N) is 1. The van der Waals surface area contributed by atoms with Crippen molar-refractivity contribution in [2.75, 3.05) is 25.1 Å². The fourth-order valence-electron chi connectivity index (χ4n) is 4.06. The molecule has 0 radical (unpaired) electrons. The van der Waals surface area contributed by atoms with Crippen molar-refractivity contribution < 1.29 is 9.53 Å². The molecule has 0 saturated carbocycles. The highest BCUT2D eigenvalue weighted by atomic mass is 16.5. The molecule has 34 heavy (non-hydrogen) atoms. The van der Waals surface area contributed by atoms with Gasteiger partial charge in [-0.1, -0.05) is 36.4 Å². The van der Waals surface area contributed by atoms with Gasteiger partial charge in [0.15, 0.2) is 0 Å². The smallest absolute Gasteiger partial charge is 0.251 e. The molecule has 6 heteroatoms. The molecule has 1 heterocycles. The van der Waals surface area contributed by atoms with Gasteiger partial charge in [-0.05, 0) is 66.4 Å². The summed E-state index contributed by atoms with van der Waals surface area (Å²) in [6.07, 6.45) is 1.63. The van der Waals surface area contributed by atoms with E-state index in [9.17, 15) is 4.79 Å². The first-order chi connectivity index (χ1) is 16.6. The number of aromatic nitrogens is 2. The third-order valence-electron chi connectivity index (χ3n) is 5.92. The Balaban J connectivity index is 1.53. The van der Waals surface area contributed by atoms with Gasteiger partial charge in [0.05, 0.1) is 12.1 Å². The summed E-state index contributed by atoms with van der Waals surface area (Å²) in [5.41, 5.74) is 5.83. The number of amides is 1. The Morgan fingerprint density at radius 2 is 1.68 bits per heavy atom. The summed E-state index contributed by atoms with van der Waals surface area (Å²) < 4.78 is 5.12. The SMILES string of the molecule is CCN(CC)c1ncnc2ccc(-c3cccc(CNC(=O)c4ccc(COC)cc4)c3)cc12. The molecule has 0 bridgehead atoms. The molecule has 0 aliphatic heterocycles. The van der Waals surface area contributed by atoms with E-state index in [2.05, 4.69) is 58.3 Å². The van der Waals surface area contributed by atoms with Crippen molar-refractivity contribution in [2.24, 2.45) is 0 Å². The van der Waals surface area contributed by atoms with Crippen LogP contribution in [-0.2, 0) is 17.9 Å². The number of benzene rings is 3. The van der Waals surface area contributed by atoms with Crippen molar-refractivity contribution in [1.29, 1.82) is 0 Å². The average Bonchev–Trinajstić information content (AvgIpc) is 2.88. The highest BCUT2D eigenvalue weighted by Gasteiger charge is 2.11. The number of ether oxygens (including phenoxy) is 1. The van der Waals surface area contributed by atoms with Crippen LogP contribution in [0.2, 0.25) is 0 Å². The molecular formula is C28H30N4O2. The molecule has 1 amide bonds. The summed E-state index contributed by atoms with van der Waals surface area (Å²) in [5.74, 6) is 0.859. The molecule has 1 aromatic heterocycles. The first kappa shape index (κ1) is 23.4. The van der Waals surface area contributed by atoms with Crippen LogP contribution in [0.3, 0.4) is 0 Å². The summed E-state index contributed by atoms with van der Waals surface area (Å²) in [7, 11) is 1.66. The second kappa shape index (κ2) is 10.9. The van der Waals surface area contributed by atoms with Crippen LogP contribution in [0.25, 0.3) is 22.0 Å². The van der Waals surface area contributed by atoms with E-state index in [1.165, 1.54) is 0 Å². The maximum atomic E-state index is 12.6. The van der Waals surface area contributed by atoms with Gasteiger partial charge >= 0.3 is 0 Å². The van der Waals surface area contributed by atoms with Crippen molar-refractivity contribution in [3.8, 4) is 11.1 Å². The fraction of sp³-hybridized carbons (Fsp3) is 0.250. The zero-order valence-corrected chi connectivity index (χ0v) is 19.9. The van der Waals surface area contributed by atoms with E-state index in [-0.39, 0.29) is 5.91 Å². The Labute approximate surface area is 200 Å². The van der Waals surface area contributed by atoms with Gasteiger partial charge in [-0.25, -0.2) is 9.97 Å². The van der Waals surface area contributed by atoms with E-state index < -0.39 is 0 Å². The van der Waals surface area contributed by atoms with Gasteiger partial charge < -0.3 is 15.0 Å². The third-order valence-corrected chi connectivity index (χ3v) is 5.92. The summed E-state index contributed by atoms with van der Waals surface area (Å²) in [6.45, 7) is 7.02. The average molecular weight is 455 g/mol. The van der Waals surface area contributed by atoms with E-state index >= 15 is 0 Å². The molecule has 6 nitrogen and oxygen atoms in total. The first-order valence-corrected chi connectivity index (χ1v) is 11.6. The van der Waals surface area contributed by atoms with Crippen LogP contribution in [0, 0.1) is 0 Å². The molecule has 0 unspecified atom stereocenters. The van der Waals surface area contributed by atoms with E-state index in [0.717, 1.165) is 52.1 Å². The highest BCUT2D eigenvalue weighted by molar-refractivity contribution is 5.94. The highest BCUT2D eigenvalue weighted by Crippen LogP contribution is 2.29. The molecule has 0 aliphatic rings. The Morgan fingerprint density at radius 3 is 2.41 bits per heavy atom. The molecule has 3 aromatic carbocycles. The van der Waals surface area contributed by atoms with E-state index in [4.69, 9.17) is 4.74 Å². The Bertz CT molecular complexity index is 1270. The molecule has 0 saturated heterocycles. The van der Waals surface area contributed by atoms with Gasteiger partial charge in [-0.2, -0.15) is 0 Å². The number of anilines is 1. The molecule has 4 rings (SSSR count). The van der Waals surface area contributed by atoms with Gasteiger partial charge in [0.2, 0.25) is 0 Å². The maximum absolute atomic E-state index is 12.6. The third kappa shape index (κ3) is 5.24. The number of hydrogen-bond acceptors (Lipinski definition) is 5. The molecular weight excluding hydrogens is 424 g/mol. The monoisotopic (exact) mass is 454 g/mol. The lowest BCUT2D eigenvalue weighted by atomic mass is 10.0. The van der Waals surface area contributed by atoms with Crippen LogP contribution in [0.15, 0.2) is 73.1 Å². The number of carbonyl (C=O) groups excluding carboxylic acids is 1. The molecule has 4 aromatic rings. The van der Waals surface area contributed by atoms with Gasteiger partial charge in [0.25, 0.3) is 5.91 Å². The van der Waals surface area contributed by atoms with Crippen LogP contribution < -0.4 is 10.2 Å². The van der Waals surface area contributed by atoms with Crippen LogP contribution >= 0.6 is 0 Å².